The molecule has 0 aliphatic heterocycles. The van der Waals surface area contributed by atoms with Crippen molar-refractivity contribution in [2.75, 3.05) is 20.3 Å². The topological polar surface area (TPSA) is 52.6 Å². The molecule has 2 aliphatic rings. The first-order valence-electron chi connectivity index (χ1n) is 16.7. The summed E-state index contributed by atoms with van der Waals surface area (Å²) in [5.41, 5.74) is 5.55. The van der Waals surface area contributed by atoms with E-state index in [0.717, 1.165) is 17.5 Å². The highest BCUT2D eigenvalue weighted by Crippen LogP contribution is 2.56. The Morgan fingerprint density at radius 2 is 1.17 bits per heavy atom. The van der Waals surface area contributed by atoms with Gasteiger partial charge in [0.25, 0.3) is 10.1 Å². The van der Waals surface area contributed by atoms with Gasteiger partial charge in [0.1, 0.15) is 0 Å². The smallest absolute Gasteiger partial charge is 0.296 e. The van der Waals surface area contributed by atoms with Crippen LogP contribution >= 0.6 is 34.0 Å². The third-order valence-electron chi connectivity index (χ3n) is 10.7. The fraction of sp³-hybridized carbons (Fsp3) is 0.538. The predicted molar refractivity (Wildman–Crippen MR) is 200 cm³/mol. The number of hydrogen-bond acceptors (Lipinski definition) is 7. The highest BCUT2D eigenvalue weighted by molar-refractivity contribution is 7.86. The fourth-order valence-corrected chi connectivity index (χ4v) is 12.5. The molecule has 0 spiro atoms. The number of rotatable bonds is 9. The van der Waals surface area contributed by atoms with Crippen molar-refractivity contribution in [3.8, 4) is 19.5 Å². The Labute approximate surface area is 294 Å². The van der Waals surface area contributed by atoms with Crippen LogP contribution in [-0.2, 0) is 40.7 Å². The summed E-state index contributed by atoms with van der Waals surface area (Å²) in [5, 5.41) is 0. The summed E-state index contributed by atoms with van der Waals surface area (Å²) < 4.78 is 38.2. The van der Waals surface area contributed by atoms with Gasteiger partial charge in [0.05, 0.1) is 18.1 Å². The first-order valence-corrected chi connectivity index (χ1v) is 20.6. The van der Waals surface area contributed by atoms with Crippen LogP contribution in [-0.4, -0.2) is 28.7 Å². The fourth-order valence-electron chi connectivity index (χ4n) is 7.17. The summed E-state index contributed by atoms with van der Waals surface area (Å²) >= 11 is 5.70. The standard InChI is InChI=1S/C39H50O4S4/c1-24-11-13-26(14-12-24)47(40,41)43-23-25(22-42-10)27-19-30(31-20-28-34(45-31)38(6,7)17-15-36(28,2)3)44-33(27)32-21-29-35(46-32)39(8,9)18-16-37(29,4)5/h11-14,19-21,25H,15-18,22-23H2,1-10H3. The Morgan fingerprint density at radius 3 is 1.70 bits per heavy atom. The maximum atomic E-state index is 13.3. The van der Waals surface area contributed by atoms with Crippen LogP contribution in [0.5, 0.6) is 0 Å². The van der Waals surface area contributed by atoms with Crippen molar-refractivity contribution < 1.29 is 17.3 Å². The highest BCUT2D eigenvalue weighted by atomic mass is 32.2. The van der Waals surface area contributed by atoms with Crippen LogP contribution < -0.4 is 0 Å². The molecule has 0 saturated carbocycles. The summed E-state index contributed by atoms with van der Waals surface area (Å²) in [6.45, 7) is 21.3. The van der Waals surface area contributed by atoms with Gasteiger partial charge in [0.2, 0.25) is 0 Å². The molecule has 2 aliphatic carbocycles. The van der Waals surface area contributed by atoms with Gasteiger partial charge in [-0.05, 0) is 101 Å². The van der Waals surface area contributed by atoms with E-state index in [1.54, 1.807) is 31.4 Å². The lowest BCUT2D eigenvalue weighted by Gasteiger charge is -2.39. The minimum absolute atomic E-state index is 0.0102. The Bertz CT molecular complexity index is 1810. The maximum absolute atomic E-state index is 13.3. The second kappa shape index (κ2) is 12.2. The van der Waals surface area contributed by atoms with Gasteiger partial charge < -0.3 is 4.74 Å². The van der Waals surface area contributed by atoms with Crippen LogP contribution in [0.25, 0.3) is 19.5 Å². The van der Waals surface area contributed by atoms with Gasteiger partial charge in [-0.3, -0.25) is 4.18 Å². The van der Waals surface area contributed by atoms with Crippen molar-refractivity contribution in [3.63, 3.8) is 0 Å². The van der Waals surface area contributed by atoms with Crippen LogP contribution in [0, 0.1) is 6.92 Å². The molecule has 3 aromatic heterocycles. The molecular formula is C39H50O4S4. The summed E-state index contributed by atoms with van der Waals surface area (Å²) in [4.78, 5) is 8.13. The molecule has 1 atom stereocenters. The van der Waals surface area contributed by atoms with Crippen molar-refractivity contribution in [1.29, 1.82) is 0 Å². The molecule has 1 aromatic carbocycles. The molecule has 0 fully saturated rings. The zero-order valence-corrected chi connectivity index (χ0v) is 32.9. The number of ether oxygens (including phenoxy) is 1. The van der Waals surface area contributed by atoms with Crippen molar-refractivity contribution in [2.45, 2.75) is 120 Å². The Hall–Kier alpha value is -1.81. The Morgan fingerprint density at radius 1 is 0.681 bits per heavy atom. The largest absolute Gasteiger partial charge is 0.384 e. The van der Waals surface area contributed by atoms with Crippen molar-refractivity contribution in [3.05, 3.63) is 74.5 Å². The number of benzene rings is 1. The minimum Gasteiger partial charge on any atom is -0.384 e. The molecule has 8 heteroatoms. The van der Waals surface area contributed by atoms with Crippen LogP contribution in [0.2, 0.25) is 0 Å². The van der Waals surface area contributed by atoms with E-state index in [-0.39, 0.29) is 39.1 Å². The first kappa shape index (κ1) is 35.0. The van der Waals surface area contributed by atoms with Gasteiger partial charge in [-0.15, -0.1) is 34.0 Å². The summed E-state index contributed by atoms with van der Waals surface area (Å²) in [7, 11) is -2.25. The van der Waals surface area contributed by atoms with Gasteiger partial charge in [-0.2, -0.15) is 8.42 Å². The molecule has 4 nitrogen and oxygen atoms in total. The van der Waals surface area contributed by atoms with E-state index in [4.69, 9.17) is 8.92 Å². The molecule has 0 saturated heterocycles. The molecule has 0 bridgehead atoms. The van der Waals surface area contributed by atoms with Gasteiger partial charge in [-0.1, -0.05) is 73.1 Å². The van der Waals surface area contributed by atoms with E-state index in [2.05, 4.69) is 73.6 Å². The van der Waals surface area contributed by atoms with Crippen LogP contribution in [0.15, 0.2) is 47.4 Å². The van der Waals surface area contributed by atoms with Gasteiger partial charge >= 0.3 is 0 Å². The Balaban J connectivity index is 1.47. The highest BCUT2D eigenvalue weighted by Gasteiger charge is 2.41. The molecule has 0 amide bonds. The SMILES string of the molecule is COCC(COS(=O)(=O)c1ccc(C)cc1)c1cc(-c2cc3c(s2)C(C)(C)CCC3(C)C)sc1-c1cc2c(s1)C(C)(C)CCC2(C)C. The molecule has 1 unspecified atom stereocenters. The summed E-state index contributed by atoms with van der Waals surface area (Å²) in [6, 6.07) is 14.0. The van der Waals surface area contributed by atoms with Crippen molar-refractivity contribution in [2.24, 2.45) is 0 Å². The van der Waals surface area contributed by atoms with E-state index < -0.39 is 10.1 Å². The van der Waals surface area contributed by atoms with Crippen LogP contribution in [0.3, 0.4) is 0 Å². The van der Waals surface area contributed by atoms with E-state index in [1.807, 2.05) is 40.9 Å². The molecular weight excluding hydrogens is 661 g/mol. The van der Waals surface area contributed by atoms with E-state index in [9.17, 15) is 8.42 Å². The third kappa shape index (κ3) is 6.60. The van der Waals surface area contributed by atoms with E-state index in [1.165, 1.54) is 59.7 Å². The third-order valence-corrected chi connectivity index (χ3v) is 16.5. The van der Waals surface area contributed by atoms with Gasteiger partial charge in [0, 0.05) is 42.3 Å². The van der Waals surface area contributed by atoms with Gasteiger partial charge in [0.15, 0.2) is 0 Å². The van der Waals surface area contributed by atoms with Crippen LogP contribution in [0.4, 0.5) is 0 Å². The molecule has 3 heterocycles. The zero-order valence-electron chi connectivity index (χ0n) is 29.6. The molecule has 254 valence electrons. The van der Waals surface area contributed by atoms with Crippen molar-refractivity contribution >= 4 is 44.1 Å². The number of hydrogen-bond donors (Lipinski definition) is 0. The lowest BCUT2D eigenvalue weighted by atomic mass is 9.67. The average Bonchev–Trinajstić information content (AvgIpc) is 3.75. The number of methoxy groups -OCH3 is 1. The second-order valence-electron chi connectivity index (χ2n) is 16.3. The molecule has 0 N–H and O–H groups in total. The zero-order chi connectivity index (χ0) is 34.2. The summed E-state index contributed by atoms with van der Waals surface area (Å²) in [6.07, 6.45) is 4.69. The number of aryl methyl sites for hydroxylation is 1. The first-order chi connectivity index (χ1) is 21.8. The lowest BCUT2D eigenvalue weighted by molar-refractivity contribution is 0.153. The maximum Gasteiger partial charge on any atom is 0.296 e. The molecule has 6 rings (SSSR count). The van der Waals surface area contributed by atoms with E-state index in [0.29, 0.717) is 6.61 Å². The average molecular weight is 711 g/mol. The normalized spacial score (nSPS) is 20.0. The summed E-state index contributed by atoms with van der Waals surface area (Å²) in [5.74, 6) is -0.261. The quantitative estimate of drug-likeness (QED) is 0.162. The lowest BCUT2D eigenvalue weighted by Crippen LogP contribution is -2.31. The second-order valence-corrected chi connectivity index (χ2v) is 21.1. The minimum atomic E-state index is -3.93. The Kier molecular flexibility index (Phi) is 9.10. The predicted octanol–water partition coefficient (Wildman–Crippen LogP) is 11.3. The monoisotopic (exact) mass is 710 g/mol. The van der Waals surface area contributed by atoms with Gasteiger partial charge in [-0.25, -0.2) is 0 Å². The van der Waals surface area contributed by atoms with Crippen molar-refractivity contribution in [1.82, 2.24) is 0 Å². The molecule has 4 aromatic rings. The van der Waals surface area contributed by atoms with Crippen LogP contribution in [0.1, 0.15) is 119 Å². The van der Waals surface area contributed by atoms with E-state index >= 15 is 0 Å². The molecule has 47 heavy (non-hydrogen) atoms. The number of fused-ring (bicyclic) bond motifs is 2. The number of thiophene rings is 3. The molecule has 0 radical (unpaired) electrons.